The second-order valence-electron chi connectivity index (χ2n) is 4.82. The predicted octanol–water partition coefficient (Wildman–Crippen LogP) is -0.249. The second-order valence-corrected chi connectivity index (χ2v) is 6.53. The Bertz CT molecular complexity index is 650. The number of ether oxygens (including phenoxy) is 1. The fourth-order valence-electron chi connectivity index (χ4n) is 2.06. The number of rotatable bonds is 7. The minimum absolute atomic E-state index is 0.0576. The third-order valence-corrected chi connectivity index (χ3v) is 4.28. The summed E-state index contributed by atoms with van der Waals surface area (Å²) in [5.41, 5.74) is 0. The Morgan fingerprint density at radius 3 is 1.71 bits per heavy atom. The summed E-state index contributed by atoms with van der Waals surface area (Å²) in [6.07, 6.45) is 1.10. The number of imide groups is 2. The summed E-state index contributed by atoms with van der Waals surface area (Å²) < 4.78 is 5.24. The Morgan fingerprint density at radius 2 is 1.42 bits per heavy atom. The van der Waals surface area contributed by atoms with Gasteiger partial charge in [0, 0.05) is 12.2 Å². The summed E-state index contributed by atoms with van der Waals surface area (Å²) in [6, 6.07) is 0. The van der Waals surface area contributed by atoms with Crippen molar-refractivity contribution in [1.82, 2.24) is 9.80 Å². The molecule has 0 spiro atoms. The normalized spacial score (nSPS) is 18.0. The summed E-state index contributed by atoms with van der Waals surface area (Å²) in [6.45, 7) is -1.31. The number of aliphatic carboxylic acids is 1. The lowest BCUT2D eigenvalue weighted by Crippen LogP contribution is -2.46. The molecule has 0 radical (unpaired) electrons. The first-order valence-electron chi connectivity index (χ1n) is 6.50. The van der Waals surface area contributed by atoms with Crippen LogP contribution in [0.5, 0.6) is 0 Å². The molecular weight excluding hydrogens is 456 g/mol. The molecule has 9 nitrogen and oxygen atoms in total. The highest BCUT2D eigenvalue weighted by molar-refractivity contribution is 9.12. The van der Waals surface area contributed by atoms with Gasteiger partial charge in [-0.05, 0) is 31.9 Å². The van der Waals surface area contributed by atoms with Crippen molar-refractivity contribution in [2.75, 3.05) is 19.7 Å². The zero-order valence-corrected chi connectivity index (χ0v) is 15.1. The molecule has 24 heavy (non-hydrogen) atoms. The summed E-state index contributed by atoms with van der Waals surface area (Å²) in [4.78, 5) is 59.6. The largest absolute Gasteiger partial charge is 0.480 e. The van der Waals surface area contributed by atoms with Crippen LogP contribution >= 0.6 is 31.9 Å². The number of hydrogen-bond donors (Lipinski definition) is 1. The van der Waals surface area contributed by atoms with E-state index in [0.29, 0.717) is 0 Å². The number of carbonyl (C=O) groups is 5. The lowest BCUT2D eigenvalue weighted by atomic mass is 10.3. The van der Waals surface area contributed by atoms with Crippen LogP contribution in [0.1, 0.15) is 0 Å². The highest BCUT2D eigenvalue weighted by atomic mass is 79.9. The van der Waals surface area contributed by atoms with Crippen molar-refractivity contribution >= 4 is 61.5 Å². The van der Waals surface area contributed by atoms with Crippen LogP contribution in [0, 0.1) is 0 Å². The van der Waals surface area contributed by atoms with Crippen LogP contribution in [-0.4, -0.2) is 70.3 Å². The van der Waals surface area contributed by atoms with Gasteiger partial charge in [-0.2, -0.15) is 0 Å². The molecule has 0 aromatic rings. The molecule has 11 heteroatoms. The molecule has 2 heterocycles. The van der Waals surface area contributed by atoms with E-state index in [1.165, 1.54) is 0 Å². The van der Waals surface area contributed by atoms with Gasteiger partial charge in [-0.3, -0.25) is 29.0 Å². The molecular formula is C13H10Br2N2O7. The summed E-state index contributed by atoms with van der Waals surface area (Å²) >= 11 is 5.87. The number of amides is 4. The Kier molecular flexibility index (Phi) is 5.67. The van der Waals surface area contributed by atoms with Crippen molar-refractivity contribution in [2.24, 2.45) is 0 Å². The number of halogens is 2. The van der Waals surface area contributed by atoms with E-state index >= 15 is 0 Å². The Morgan fingerprint density at radius 1 is 1.00 bits per heavy atom. The van der Waals surface area contributed by atoms with Crippen LogP contribution in [0.3, 0.4) is 0 Å². The lowest BCUT2D eigenvalue weighted by Gasteiger charge is -2.26. The molecule has 4 amide bonds. The average molecular weight is 466 g/mol. The quantitative estimate of drug-likeness (QED) is 0.514. The molecule has 0 unspecified atom stereocenters. The van der Waals surface area contributed by atoms with Crippen molar-refractivity contribution < 1.29 is 33.8 Å². The van der Waals surface area contributed by atoms with E-state index in [-0.39, 0.29) is 22.1 Å². The van der Waals surface area contributed by atoms with Crippen LogP contribution in [0.25, 0.3) is 0 Å². The highest BCUT2D eigenvalue weighted by Gasteiger charge is 2.36. The standard InChI is InChI=1S/C13H10Br2N2O7/c14-7-1-9(18)16(12(7)22)3-6(24-5-11(20)21)4-17-10(19)2-8(15)13(17)23/h1-2,6H,3-5H2,(H,20,21). The van der Waals surface area contributed by atoms with Gasteiger partial charge in [0.25, 0.3) is 23.6 Å². The number of carboxylic acids is 1. The van der Waals surface area contributed by atoms with Crippen molar-refractivity contribution in [3.8, 4) is 0 Å². The van der Waals surface area contributed by atoms with Gasteiger partial charge in [0.2, 0.25) is 0 Å². The van der Waals surface area contributed by atoms with Crippen molar-refractivity contribution in [3.05, 3.63) is 21.1 Å². The van der Waals surface area contributed by atoms with Gasteiger partial charge in [-0.25, -0.2) is 4.79 Å². The first-order chi connectivity index (χ1) is 11.2. The van der Waals surface area contributed by atoms with E-state index in [4.69, 9.17) is 9.84 Å². The average Bonchev–Trinajstić information content (AvgIpc) is 2.87. The first kappa shape index (κ1) is 18.5. The number of hydrogen-bond acceptors (Lipinski definition) is 6. The molecule has 0 bridgehead atoms. The topological polar surface area (TPSA) is 121 Å². The van der Waals surface area contributed by atoms with Crippen LogP contribution < -0.4 is 0 Å². The number of nitrogens with zero attached hydrogens (tertiary/aromatic N) is 2. The molecule has 1 N–H and O–H groups in total. The van der Waals surface area contributed by atoms with Crippen molar-refractivity contribution in [3.63, 3.8) is 0 Å². The zero-order chi connectivity index (χ0) is 18.0. The van der Waals surface area contributed by atoms with Gasteiger partial charge in [-0.15, -0.1) is 0 Å². The first-order valence-corrected chi connectivity index (χ1v) is 8.08. The van der Waals surface area contributed by atoms with Gasteiger partial charge in [0.15, 0.2) is 0 Å². The number of carbonyl (C=O) groups excluding carboxylic acids is 4. The SMILES string of the molecule is O=C(O)COC(CN1C(=O)C=C(Br)C1=O)CN1C(=O)C=C(Br)C1=O. The lowest BCUT2D eigenvalue weighted by molar-refractivity contribution is -0.147. The van der Waals surface area contributed by atoms with Crippen molar-refractivity contribution in [1.29, 1.82) is 0 Å². The highest BCUT2D eigenvalue weighted by Crippen LogP contribution is 2.21. The van der Waals surface area contributed by atoms with Crippen LogP contribution in [-0.2, 0) is 28.7 Å². The van der Waals surface area contributed by atoms with Crippen LogP contribution in [0.2, 0.25) is 0 Å². The third-order valence-electron chi connectivity index (χ3n) is 3.15. The monoisotopic (exact) mass is 464 g/mol. The van der Waals surface area contributed by atoms with Crippen LogP contribution in [0.15, 0.2) is 21.1 Å². The minimum atomic E-state index is -1.27. The Hall–Kier alpha value is -1.85. The van der Waals surface area contributed by atoms with Gasteiger partial charge >= 0.3 is 5.97 Å². The molecule has 0 aromatic heterocycles. The summed E-state index contributed by atoms with van der Waals surface area (Å²) in [5, 5.41) is 8.72. The Balaban J connectivity index is 2.09. The molecule has 0 saturated heterocycles. The third kappa shape index (κ3) is 3.97. The van der Waals surface area contributed by atoms with Crippen molar-refractivity contribution in [2.45, 2.75) is 6.10 Å². The smallest absolute Gasteiger partial charge is 0.329 e. The predicted molar refractivity (Wildman–Crippen MR) is 84.8 cm³/mol. The second kappa shape index (κ2) is 7.36. The zero-order valence-electron chi connectivity index (χ0n) is 11.9. The van der Waals surface area contributed by atoms with E-state index in [2.05, 4.69) is 31.9 Å². The maximum atomic E-state index is 11.9. The summed E-state index contributed by atoms with van der Waals surface area (Å²) in [5.74, 6) is -3.69. The van der Waals surface area contributed by atoms with E-state index in [9.17, 15) is 24.0 Å². The molecule has 2 aliphatic heterocycles. The molecule has 2 rings (SSSR count). The molecule has 0 fully saturated rings. The fraction of sp³-hybridized carbons (Fsp3) is 0.308. The molecule has 2 aliphatic rings. The fourth-order valence-corrected chi connectivity index (χ4v) is 2.88. The van der Waals surface area contributed by atoms with Crippen LogP contribution in [0.4, 0.5) is 0 Å². The van der Waals surface area contributed by atoms with E-state index < -0.39 is 42.3 Å². The molecule has 0 aliphatic carbocycles. The number of carboxylic acid groups (broad SMARTS) is 1. The molecule has 128 valence electrons. The van der Waals surface area contributed by atoms with Gasteiger partial charge < -0.3 is 9.84 Å². The Labute approximate surface area is 152 Å². The maximum Gasteiger partial charge on any atom is 0.329 e. The maximum absolute atomic E-state index is 11.9. The van der Waals surface area contributed by atoms with Gasteiger partial charge in [0.1, 0.15) is 6.61 Å². The minimum Gasteiger partial charge on any atom is -0.480 e. The van der Waals surface area contributed by atoms with E-state index in [1.807, 2.05) is 0 Å². The van der Waals surface area contributed by atoms with E-state index in [0.717, 1.165) is 22.0 Å². The molecule has 0 saturated carbocycles. The van der Waals surface area contributed by atoms with E-state index in [1.54, 1.807) is 0 Å². The van der Waals surface area contributed by atoms with Gasteiger partial charge in [-0.1, -0.05) is 0 Å². The molecule has 0 aromatic carbocycles. The molecule has 0 atom stereocenters. The summed E-state index contributed by atoms with van der Waals surface area (Å²) in [7, 11) is 0. The van der Waals surface area contributed by atoms with Gasteiger partial charge in [0.05, 0.1) is 28.2 Å².